The van der Waals surface area contributed by atoms with Crippen LogP contribution in [-0.4, -0.2) is 0 Å². The van der Waals surface area contributed by atoms with Crippen molar-refractivity contribution in [3.63, 3.8) is 0 Å². The molecule has 0 fully saturated rings. The maximum Gasteiger partial charge on any atom is 0.0940 e. The Morgan fingerprint density at radius 3 is 2.12 bits per heavy atom. The lowest BCUT2D eigenvalue weighted by atomic mass is 10.5. The highest BCUT2D eigenvalue weighted by Crippen LogP contribution is 2.29. The first-order chi connectivity index (χ1) is 7.74. The first-order valence-corrected chi connectivity index (χ1v) is 8.04. The monoisotopic (exact) mass is 308 g/mol. The molecule has 2 aromatic heterocycles. The van der Waals surface area contributed by atoms with Gasteiger partial charge in [0.1, 0.15) is 0 Å². The summed E-state index contributed by atoms with van der Waals surface area (Å²) in [6, 6.07) is 8.10. The molecule has 7 heteroatoms. The minimum Gasteiger partial charge on any atom is -0.186 e. The molecule has 86 valence electrons. The Hall–Kier alpha value is 0.310. The number of halogens is 1. The van der Waals surface area contributed by atoms with Crippen molar-refractivity contribution in [3.05, 3.63) is 33.5 Å². The number of rotatable bonds is 5. The molecule has 2 heterocycles. The first kappa shape index (κ1) is 12.8. The van der Waals surface area contributed by atoms with Crippen LogP contribution in [0.2, 0.25) is 4.34 Å². The molecule has 2 rings (SSSR count). The van der Waals surface area contributed by atoms with Crippen molar-refractivity contribution in [2.24, 2.45) is 0 Å². The third kappa shape index (κ3) is 3.96. The number of nitrogens with one attached hydrogen (secondary N) is 2. The summed E-state index contributed by atoms with van der Waals surface area (Å²) in [6.45, 7) is 2.10. The summed E-state index contributed by atoms with van der Waals surface area (Å²) in [7, 11) is 0. The molecule has 0 saturated carbocycles. The van der Waals surface area contributed by atoms with Gasteiger partial charge in [-0.2, -0.15) is 9.66 Å². The third-order valence-electron chi connectivity index (χ3n) is 1.61. The minimum atomic E-state index is 0.811. The molecule has 0 unspecified atom stereocenters. The number of hydrazine groups is 1. The molecular formula is C9H9ClN2S4. The summed E-state index contributed by atoms with van der Waals surface area (Å²) in [5, 5.41) is 0. The summed E-state index contributed by atoms with van der Waals surface area (Å²) in [4.78, 5) is 7.46. The van der Waals surface area contributed by atoms with Crippen LogP contribution in [0.25, 0.3) is 0 Å². The van der Waals surface area contributed by atoms with E-state index in [1.807, 2.05) is 12.1 Å². The molecule has 0 aliphatic carbocycles. The van der Waals surface area contributed by atoms with Crippen LogP contribution in [0.4, 0.5) is 0 Å². The van der Waals surface area contributed by atoms with Crippen molar-refractivity contribution in [1.82, 2.24) is 9.66 Å². The molecule has 0 spiro atoms. The second kappa shape index (κ2) is 6.30. The average molecular weight is 309 g/mol. The molecule has 2 nitrogen and oxygen atoms in total. The van der Waals surface area contributed by atoms with Crippen molar-refractivity contribution >= 4 is 58.2 Å². The van der Waals surface area contributed by atoms with Crippen LogP contribution >= 0.6 is 58.2 Å². The second-order valence-corrected chi connectivity index (χ2v) is 8.05. The van der Waals surface area contributed by atoms with Crippen LogP contribution < -0.4 is 9.66 Å². The van der Waals surface area contributed by atoms with Crippen molar-refractivity contribution < 1.29 is 0 Å². The summed E-state index contributed by atoms with van der Waals surface area (Å²) in [5.41, 5.74) is 0. The van der Waals surface area contributed by atoms with Gasteiger partial charge in [-0.1, -0.05) is 11.6 Å². The lowest BCUT2D eigenvalue weighted by molar-refractivity contribution is 1.00. The predicted octanol–water partition coefficient (Wildman–Crippen LogP) is 4.58. The van der Waals surface area contributed by atoms with Crippen molar-refractivity contribution in [2.75, 3.05) is 0 Å². The van der Waals surface area contributed by atoms with Crippen molar-refractivity contribution in [3.8, 4) is 0 Å². The van der Waals surface area contributed by atoms with Crippen LogP contribution in [-0.2, 0) is 0 Å². The maximum atomic E-state index is 5.83. The SMILES string of the molecule is Cc1ccc(SNNSc2ccc(Cl)s2)s1. The molecule has 0 aromatic carbocycles. The Morgan fingerprint density at radius 2 is 1.62 bits per heavy atom. The van der Waals surface area contributed by atoms with E-state index in [1.165, 1.54) is 21.0 Å². The summed E-state index contributed by atoms with van der Waals surface area (Å²) >= 11 is 12.3. The fourth-order valence-electron chi connectivity index (χ4n) is 0.962. The largest absolute Gasteiger partial charge is 0.186 e. The van der Waals surface area contributed by atoms with E-state index in [-0.39, 0.29) is 0 Å². The van der Waals surface area contributed by atoms with Crippen LogP contribution in [0.1, 0.15) is 4.88 Å². The minimum absolute atomic E-state index is 0.811. The van der Waals surface area contributed by atoms with Crippen LogP contribution in [0.15, 0.2) is 32.7 Å². The van der Waals surface area contributed by atoms with Gasteiger partial charge in [-0.3, -0.25) is 0 Å². The van der Waals surface area contributed by atoms with E-state index in [4.69, 9.17) is 11.6 Å². The van der Waals surface area contributed by atoms with Gasteiger partial charge in [0.15, 0.2) is 0 Å². The second-order valence-electron chi connectivity index (χ2n) is 2.83. The van der Waals surface area contributed by atoms with Gasteiger partial charge in [0.2, 0.25) is 0 Å². The highest BCUT2D eigenvalue weighted by atomic mass is 35.5. The van der Waals surface area contributed by atoms with Crippen LogP contribution in [0.3, 0.4) is 0 Å². The predicted molar refractivity (Wildman–Crippen MR) is 76.4 cm³/mol. The summed E-state index contributed by atoms with van der Waals surface area (Å²) in [5.74, 6) is 0. The molecular weight excluding hydrogens is 300 g/mol. The lowest BCUT2D eigenvalue weighted by Crippen LogP contribution is -2.16. The molecule has 0 saturated heterocycles. The molecule has 0 aliphatic heterocycles. The van der Waals surface area contributed by atoms with Gasteiger partial charge in [0, 0.05) is 4.88 Å². The normalized spacial score (nSPS) is 10.9. The van der Waals surface area contributed by atoms with E-state index in [2.05, 4.69) is 28.7 Å². The van der Waals surface area contributed by atoms with E-state index < -0.39 is 0 Å². The summed E-state index contributed by atoms with van der Waals surface area (Å²) < 4.78 is 3.20. The third-order valence-corrected chi connectivity index (χ3v) is 5.64. The maximum absolute atomic E-state index is 5.83. The zero-order chi connectivity index (χ0) is 11.4. The Balaban J connectivity index is 1.69. The van der Waals surface area contributed by atoms with E-state index >= 15 is 0 Å². The molecule has 2 aromatic rings. The van der Waals surface area contributed by atoms with Crippen LogP contribution in [0, 0.1) is 6.92 Å². The number of aryl methyl sites for hydroxylation is 1. The summed E-state index contributed by atoms with van der Waals surface area (Å²) in [6.07, 6.45) is 0. The van der Waals surface area contributed by atoms with E-state index in [9.17, 15) is 0 Å². The molecule has 0 amide bonds. The van der Waals surface area contributed by atoms with E-state index in [0.717, 1.165) is 8.55 Å². The lowest BCUT2D eigenvalue weighted by Gasteiger charge is -2.01. The Morgan fingerprint density at radius 1 is 1.00 bits per heavy atom. The van der Waals surface area contributed by atoms with Crippen molar-refractivity contribution in [2.45, 2.75) is 15.3 Å². The average Bonchev–Trinajstić information content (AvgIpc) is 2.83. The molecule has 0 radical (unpaired) electrons. The molecule has 0 aliphatic rings. The number of hydrogen-bond acceptors (Lipinski definition) is 6. The first-order valence-electron chi connectivity index (χ1n) is 4.39. The highest BCUT2D eigenvalue weighted by molar-refractivity contribution is 8.02. The van der Waals surface area contributed by atoms with Gasteiger partial charge < -0.3 is 0 Å². The fourth-order valence-corrected chi connectivity index (χ4v) is 4.52. The molecule has 0 bridgehead atoms. The standard InChI is InChI=1S/C9H9ClN2S4/c1-6-2-4-8(13-6)15-11-12-16-9-5-3-7(10)14-9/h2-5,11-12H,1H3. The van der Waals surface area contributed by atoms with E-state index in [0.29, 0.717) is 0 Å². The van der Waals surface area contributed by atoms with Crippen LogP contribution in [0.5, 0.6) is 0 Å². The topological polar surface area (TPSA) is 24.1 Å². The quantitative estimate of drug-likeness (QED) is 0.479. The zero-order valence-electron chi connectivity index (χ0n) is 8.32. The van der Waals surface area contributed by atoms with Gasteiger partial charge in [-0.15, -0.1) is 22.7 Å². The van der Waals surface area contributed by atoms with E-state index in [1.54, 1.807) is 34.6 Å². The fraction of sp³-hybridized carbons (Fsp3) is 0.111. The molecule has 0 atom stereocenters. The Kier molecular flexibility index (Phi) is 5.02. The number of hydrogen-bond donors (Lipinski definition) is 2. The molecule has 2 N–H and O–H groups in total. The smallest absolute Gasteiger partial charge is 0.0940 e. The van der Waals surface area contributed by atoms with Gasteiger partial charge >= 0.3 is 0 Å². The Labute approximate surface area is 116 Å². The zero-order valence-corrected chi connectivity index (χ0v) is 12.3. The number of thiophene rings is 2. The van der Waals surface area contributed by atoms with Gasteiger partial charge in [0.25, 0.3) is 0 Å². The molecule has 16 heavy (non-hydrogen) atoms. The van der Waals surface area contributed by atoms with Gasteiger partial charge in [-0.05, 0) is 55.1 Å². The van der Waals surface area contributed by atoms with Crippen molar-refractivity contribution in [1.29, 1.82) is 0 Å². The van der Waals surface area contributed by atoms with Gasteiger partial charge in [-0.25, -0.2) is 0 Å². The highest BCUT2D eigenvalue weighted by Gasteiger charge is 1.99. The Bertz CT molecular complexity index is 412. The van der Waals surface area contributed by atoms with Gasteiger partial charge in [0.05, 0.1) is 12.8 Å².